The number of ketones is 1. The van der Waals surface area contributed by atoms with Crippen molar-refractivity contribution in [3.8, 4) is 11.5 Å². The normalized spacial score (nSPS) is 9.92. The van der Waals surface area contributed by atoms with Gasteiger partial charge in [-0.05, 0) is 30.3 Å². The van der Waals surface area contributed by atoms with E-state index in [1.54, 1.807) is 48.5 Å². The van der Waals surface area contributed by atoms with Crippen molar-refractivity contribution >= 4 is 17.7 Å². The van der Waals surface area contributed by atoms with Gasteiger partial charge in [-0.3, -0.25) is 14.4 Å². The first kappa shape index (κ1) is 19.0. The lowest BCUT2D eigenvalue weighted by atomic mass is 10.1. The van der Waals surface area contributed by atoms with Crippen molar-refractivity contribution in [2.75, 3.05) is 27.4 Å². The summed E-state index contributed by atoms with van der Waals surface area (Å²) in [6, 6.07) is 13.0. The van der Waals surface area contributed by atoms with Gasteiger partial charge in [0.1, 0.15) is 18.0 Å². The van der Waals surface area contributed by atoms with E-state index in [2.05, 4.69) is 5.32 Å². The highest BCUT2D eigenvalue weighted by atomic mass is 16.5. The Kier molecular flexibility index (Phi) is 6.73. The molecule has 0 fully saturated rings. The fourth-order valence-corrected chi connectivity index (χ4v) is 2.10. The molecule has 0 aliphatic carbocycles. The van der Waals surface area contributed by atoms with E-state index in [9.17, 15) is 14.4 Å². The van der Waals surface area contributed by atoms with Crippen molar-refractivity contribution in [1.82, 2.24) is 5.32 Å². The summed E-state index contributed by atoms with van der Waals surface area (Å²) in [7, 11) is 2.99. The smallest absolute Gasteiger partial charge is 0.325 e. The first-order chi connectivity index (χ1) is 12.5. The number of carbonyl (C=O) groups is 3. The fraction of sp³-hybridized carbons (Fsp3) is 0.211. The topological polar surface area (TPSA) is 90.9 Å². The maximum absolute atomic E-state index is 12.0. The molecule has 2 rings (SSSR count). The van der Waals surface area contributed by atoms with Crippen LogP contribution >= 0.6 is 0 Å². The predicted molar refractivity (Wildman–Crippen MR) is 93.6 cm³/mol. The summed E-state index contributed by atoms with van der Waals surface area (Å²) in [5.74, 6) is -0.453. The van der Waals surface area contributed by atoms with Crippen LogP contribution in [0.15, 0.2) is 48.5 Å². The van der Waals surface area contributed by atoms with Crippen molar-refractivity contribution in [2.45, 2.75) is 0 Å². The molecule has 26 heavy (non-hydrogen) atoms. The fourth-order valence-electron chi connectivity index (χ4n) is 2.10. The molecule has 0 radical (unpaired) electrons. The van der Waals surface area contributed by atoms with Crippen molar-refractivity contribution < 1.29 is 28.6 Å². The molecule has 0 saturated heterocycles. The van der Waals surface area contributed by atoms with E-state index in [1.807, 2.05) is 0 Å². The quantitative estimate of drug-likeness (QED) is 0.573. The van der Waals surface area contributed by atoms with Crippen LogP contribution in [-0.2, 0) is 9.53 Å². The average Bonchev–Trinajstić information content (AvgIpc) is 2.70. The number of hydrogen-bond acceptors (Lipinski definition) is 6. The second-order valence-corrected chi connectivity index (χ2v) is 5.23. The lowest BCUT2D eigenvalue weighted by molar-refractivity contribution is -0.141. The maximum atomic E-state index is 12.0. The predicted octanol–water partition coefficient (Wildman–Crippen LogP) is 1.86. The Hall–Kier alpha value is -3.35. The van der Waals surface area contributed by atoms with E-state index in [1.165, 1.54) is 14.2 Å². The Morgan fingerprint density at radius 1 is 0.885 bits per heavy atom. The lowest BCUT2D eigenvalue weighted by Crippen LogP contribution is -2.31. The van der Waals surface area contributed by atoms with Gasteiger partial charge in [0, 0.05) is 11.1 Å². The zero-order valence-electron chi connectivity index (χ0n) is 14.5. The SMILES string of the molecule is COc1cccc(C(=O)COC(=O)CNC(=O)c2cccc(OC)c2)c1. The molecule has 1 amide bonds. The molecular weight excluding hydrogens is 338 g/mol. The van der Waals surface area contributed by atoms with Crippen LogP contribution in [-0.4, -0.2) is 45.0 Å². The van der Waals surface area contributed by atoms with Gasteiger partial charge in [-0.2, -0.15) is 0 Å². The van der Waals surface area contributed by atoms with Crippen LogP contribution in [0.25, 0.3) is 0 Å². The van der Waals surface area contributed by atoms with E-state index < -0.39 is 18.5 Å². The van der Waals surface area contributed by atoms with E-state index >= 15 is 0 Å². The summed E-state index contributed by atoms with van der Waals surface area (Å²) < 4.78 is 15.0. The molecule has 0 aromatic heterocycles. The standard InChI is InChI=1S/C19H19NO6/c1-24-15-7-3-5-13(9-15)17(21)12-26-18(22)11-20-19(23)14-6-4-8-16(10-14)25-2/h3-10H,11-12H2,1-2H3,(H,20,23). The molecule has 0 heterocycles. The molecule has 7 nitrogen and oxygen atoms in total. The number of rotatable bonds is 8. The highest BCUT2D eigenvalue weighted by molar-refractivity contribution is 5.99. The first-order valence-electron chi connectivity index (χ1n) is 7.78. The van der Waals surface area contributed by atoms with Crippen molar-refractivity contribution in [2.24, 2.45) is 0 Å². The molecule has 136 valence electrons. The molecule has 2 aromatic carbocycles. The highest BCUT2D eigenvalue weighted by Gasteiger charge is 2.13. The Bertz CT molecular complexity index is 737. The van der Waals surface area contributed by atoms with Gasteiger partial charge >= 0.3 is 5.97 Å². The Balaban J connectivity index is 1.81. The van der Waals surface area contributed by atoms with E-state index in [4.69, 9.17) is 14.2 Å². The largest absolute Gasteiger partial charge is 0.497 e. The van der Waals surface area contributed by atoms with E-state index in [0.717, 1.165) is 0 Å². The zero-order chi connectivity index (χ0) is 18.9. The number of carbonyl (C=O) groups excluding carboxylic acids is 3. The zero-order valence-corrected chi connectivity index (χ0v) is 14.5. The molecule has 0 aliphatic rings. The number of Topliss-reactive ketones (excluding diaryl/α,β-unsaturated/α-hetero) is 1. The molecule has 2 aromatic rings. The minimum atomic E-state index is -0.711. The molecular formula is C19H19NO6. The molecule has 0 spiro atoms. The Morgan fingerprint density at radius 3 is 2.08 bits per heavy atom. The number of amides is 1. The van der Waals surface area contributed by atoms with Gasteiger partial charge in [-0.15, -0.1) is 0 Å². The third-order valence-corrected chi connectivity index (χ3v) is 3.48. The van der Waals surface area contributed by atoms with Gasteiger partial charge in [0.2, 0.25) is 0 Å². The third-order valence-electron chi connectivity index (χ3n) is 3.48. The number of esters is 1. The average molecular weight is 357 g/mol. The number of benzene rings is 2. The van der Waals surface area contributed by atoms with Crippen LogP contribution < -0.4 is 14.8 Å². The Morgan fingerprint density at radius 2 is 1.46 bits per heavy atom. The van der Waals surface area contributed by atoms with Gasteiger partial charge < -0.3 is 19.5 Å². The lowest BCUT2D eigenvalue weighted by Gasteiger charge is -2.08. The van der Waals surface area contributed by atoms with Gasteiger partial charge in [-0.25, -0.2) is 0 Å². The van der Waals surface area contributed by atoms with Gasteiger partial charge in [0.15, 0.2) is 12.4 Å². The molecule has 0 aliphatic heterocycles. The van der Waals surface area contributed by atoms with Gasteiger partial charge in [-0.1, -0.05) is 18.2 Å². The van der Waals surface area contributed by atoms with Crippen LogP contribution in [0.2, 0.25) is 0 Å². The molecule has 0 saturated carbocycles. The summed E-state index contributed by atoms with van der Waals surface area (Å²) in [6.45, 7) is -0.761. The summed E-state index contributed by atoms with van der Waals surface area (Å²) >= 11 is 0. The van der Waals surface area contributed by atoms with Crippen LogP contribution in [0.5, 0.6) is 11.5 Å². The van der Waals surface area contributed by atoms with E-state index in [-0.39, 0.29) is 12.3 Å². The number of nitrogens with one attached hydrogen (secondary N) is 1. The summed E-state index contributed by atoms with van der Waals surface area (Å²) in [5, 5.41) is 2.43. The summed E-state index contributed by atoms with van der Waals surface area (Å²) in [6.07, 6.45) is 0. The molecule has 0 bridgehead atoms. The maximum Gasteiger partial charge on any atom is 0.325 e. The van der Waals surface area contributed by atoms with E-state index in [0.29, 0.717) is 22.6 Å². The van der Waals surface area contributed by atoms with Crippen molar-refractivity contribution in [3.05, 3.63) is 59.7 Å². The third kappa shape index (κ3) is 5.34. The monoisotopic (exact) mass is 357 g/mol. The van der Waals surface area contributed by atoms with Gasteiger partial charge in [0.05, 0.1) is 14.2 Å². The van der Waals surface area contributed by atoms with Gasteiger partial charge in [0.25, 0.3) is 5.91 Å². The second-order valence-electron chi connectivity index (χ2n) is 5.23. The molecule has 7 heteroatoms. The summed E-state index contributed by atoms with van der Waals surface area (Å²) in [4.78, 5) is 35.7. The molecule has 0 unspecified atom stereocenters. The molecule has 0 atom stereocenters. The molecule has 1 N–H and O–H groups in total. The summed E-state index contributed by atoms with van der Waals surface area (Å²) in [5.41, 5.74) is 0.724. The van der Waals surface area contributed by atoms with Crippen LogP contribution in [0.1, 0.15) is 20.7 Å². The number of hydrogen-bond donors (Lipinski definition) is 1. The number of ether oxygens (including phenoxy) is 3. The second kappa shape index (κ2) is 9.22. The Labute approximate surface area is 150 Å². The van der Waals surface area contributed by atoms with Crippen LogP contribution in [0.3, 0.4) is 0 Å². The minimum Gasteiger partial charge on any atom is -0.497 e. The highest BCUT2D eigenvalue weighted by Crippen LogP contribution is 2.13. The minimum absolute atomic E-state index is 0.346. The van der Waals surface area contributed by atoms with Crippen molar-refractivity contribution in [3.63, 3.8) is 0 Å². The first-order valence-corrected chi connectivity index (χ1v) is 7.78. The van der Waals surface area contributed by atoms with Crippen LogP contribution in [0, 0.1) is 0 Å². The van der Waals surface area contributed by atoms with Crippen LogP contribution in [0.4, 0.5) is 0 Å². The number of methoxy groups -OCH3 is 2. The van der Waals surface area contributed by atoms with Crippen molar-refractivity contribution in [1.29, 1.82) is 0 Å².